The van der Waals surface area contributed by atoms with Crippen molar-refractivity contribution in [3.8, 4) is 11.3 Å². The van der Waals surface area contributed by atoms with Crippen LogP contribution >= 0.6 is 11.6 Å². The Morgan fingerprint density at radius 2 is 1.96 bits per heavy atom. The number of halogens is 2. The number of rotatable bonds is 4. The molecule has 4 aromatic rings. The highest BCUT2D eigenvalue weighted by molar-refractivity contribution is 6.30. The third-order valence-electron chi connectivity index (χ3n) is 4.26. The molecule has 0 amide bonds. The van der Waals surface area contributed by atoms with Crippen LogP contribution in [0.1, 0.15) is 25.3 Å². The average molecular weight is 383 g/mol. The zero-order valence-corrected chi connectivity index (χ0v) is 15.4. The monoisotopic (exact) mass is 382 g/mol. The van der Waals surface area contributed by atoms with Gasteiger partial charge in [-0.15, -0.1) is 0 Å². The van der Waals surface area contributed by atoms with Gasteiger partial charge in [0.25, 0.3) is 0 Å². The molecule has 3 aromatic heterocycles. The Kier molecular flexibility index (Phi) is 4.45. The molecule has 0 fully saturated rings. The number of fused-ring (bicyclic) bond motifs is 1. The zero-order valence-electron chi connectivity index (χ0n) is 14.7. The number of anilines is 2. The maximum Gasteiger partial charge on any atom is 0.160 e. The van der Waals surface area contributed by atoms with Crippen LogP contribution < -0.4 is 5.32 Å². The molecule has 6 nitrogen and oxygen atoms in total. The molecule has 2 N–H and O–H groups in total. The van der Waals surface area contributed by atoms with Crippen LogP contribution in [0.15, 0.2) is 43.0 Å². The smallest absolute Gasteiger partial charge is 0.160 e. The van der Waals surface area contributed by atoms with Crippen LogP contribution in [0.4, 0.5) is 15.9 Å². The highest BCUT2D eigenvalue weighted by atomic mass is 35.5. The van der Waals surface area contributed by atoms with E-state index in [-0.39, 0.29) is 11.7 Å². The number of pyridine rings is 1. The summed E-state index contributed by atoms with van der Waals surface area (Å²) in [7, 11) is 0. The van der Waals surface area contributed by atoms with Gasteiger partial charge in [0, 0.05) is 22.5 Å². The largest absolute Gasteiger partial charge is 0.339 e. The fraction of sp³-hybridized carbons (Fsp3) is 0.158. The number of aromatic nitrogens is 5. The van der Waals surface area contributed by atoms with Gasteiger partial charge in [-0.2, -0.15) is 5.10 Å². The molecule has 0 saturated heterocycles. The van der Waals surface area contributed by atoms with Crippen molar-refractivity contribution in [3.63, 3.8) is 0 Å². The van der Waals surface area contributed by atoms with E-state index < -0.39 is 0 Å². The summed E-state index contributed by atoms with van der Waals surface area (Å²) in [4.78, 5) is 12.9. The number of aromatic amines is 1. The van der Waals surface area contributed by atoms with Gasteiger partial charge < -0.3 is 5.32 Å². The minimum Gasteiger partial charge on any atom is -0.339 e. The van der Waals surface area contributed by atoms with Crippen LogP contribution in [0.25, 0.3) is 22.3 Å². The highest BCUT2D eigenvalue weighted by Gasteiger charge is 2.15. The molecule has 3 heterocycles. The van der Waals surface area contributed by atoms with E-state index in [9.17, 15) is 4.39 Å². The van der Waals surface area contributed by atoms with Gasteiger partial charge in [-0.25, -0.2) is 14.4 Å². The highest BCUT2D eigenvalue weighted by Crippen LogP contribution is 2.33. The third-order valence-corrected chi connectivity index (χ3v) is 4.50. The minimum atomic E-state index is -0.380. The molecule has 0 spiro atoms. The summed E-state index contributed by atoms with van der Waals surface area (Å²) in [6, 6.07) is 6.22. The first-order valence-electron chi connectivity index (χ1n) is 8.39. The summed E-state index contributed by atoms with van der Waals surface area (Å²) in [6.45, 7) is 4.13. The summed E-state index contributed by atoms with van der Waals surface area (Å²) in [5.41, 5.74) is 3.23. The lowest BCUT2D eigenvalue weighted by molar-refractivity contribution is 0.630. The Bertz CT molecular complexity index is 1120. The topological polar surface area (TPSA) is 79.4 Å². The maximum absolute atomic E-state index is 14.3. The second-order valence-corrected chi connectivity index (χ2v) is 6.85. The van der Waals surface area contributed by atoms with Crippen molar-refractivity contribution >= 4 is 34.1 Å². The van der Waals surface area contributed by atoms with Gasteiger partial charge in [-0.3, -0.25) is 10.1 Å². The van der Waals surface area contributed by atoms with Crippen LogP contribution in [0, 0.1) is 5.82 Å². The molecule has 0 unspecified atom stereocenters. The summed E-state index contributed by atoms with van der Waals surface area (Å²) >= 11 is 6.03. The fourth-order valence-electron chi connectivity index (χ4n) is 2.87. The predicted molar refractivity (Wildman–Crippen MR) is 104 cm³/mol. The quantitative estimate of drug-likeness (QED) is 0.514. The molecule has 0 aliphatic heterocycles. The Balaban J connectivity index is 1.83. The van der Waals surface area contributed by atoms with Crippen molar-refractivity contribution in [3.05, 3.63) is 59.4 Å². The summed E-state index contributed by atoms with van der Waals surface area (Å²) in [5, 5.41) is 11.4. The van der Waals surface area contributed by atoms with E-state index >= 15 is 0 Å². The Labute approximate surface area is 159 Å². The van der Waals surface area contributed by atoms with Gasteiger partial charge in [0.15, 0.2) is 5.65 Å². The van der Waals surface area contributed by atoms with Gasteiger partial charge in [-0.1, -0.05) is 25.4 Å². The standard InChI is InChI=1S/C19H16ClFN6/c1-10(2)13-7-22-16(12-5-11(20)3-4-15(12)21)6-17(13)26-18-14-8-25-27-19(14)24-9-23-18/h3-10H,1-2H3,(H2,22,23,24,25,26,27). The van der Waals surface area contributed by atoms with Crippen LogP contribution in [-0.4, -0.2) is 25.1 Å². The molecule has 0 aliphatic carbocycles. The molecular weight excluding hydrogens is 367 g/mol. The van der Waals surface area contributed by atoms with Crippen LogP contribution in [-0.2, 0) is 0 Å². The van der Waals surface area contributed by atoms with Gasteiger partial charge in [0.1, 0.15) is 18.0 Å². The molecular formula is C19H16ClFN6. The predicted octanol–water partition coefficient (Wildman–Crippen LogP) is 5.07. The van der Waals surface area contributed by atoms with Crippen LogP contribution in [0.2, 0.25) is 5.02 Å². The van der Waals surface area contributed by atoms with Crippen molar-refractivity contribution in [2.24, 2.45) is 0 Å². The molecule has 27 heavy (non-hydrogen) atoms. The maximum atomic E-state index is 14.3. The van der Waals surface area contributed by atoms with Crippen molar-refractivity contribution in [2.75, 3.05) is 5.32 Å². The minimum absolute atomic E-state index is 0.208. The van der Waals surface area contributed by atoms with Gasteiger partial charge >= 0.3 is 0 Å². The normalized spacial score (nSPS) is 11.3. The van der Waals surface area contributed by atoms with Crippen molar-refractivity contribution in [1.82, 2.24) is 25.1 Å². The summed E-state index contributed by atoms with van der Waals surface area (Å²) < 4.78 is 14.3. The summed E-state index contributed by atoms with van der Waals surface area (Å²) in [5.74, 6) is 0.439. The lowest BCUT2D eigenvalue weighted by Crippen LogP contribution is -2.02. The van der Waals surface area contributed by atoms with Crippen molar-refractivity contribution in [2.45, 2.75) is 19.8 Å². The third kappa shape index (κ3) is 3.33. The molecule has 4 rings (SSSR count). The van der Waals surface area contributed by atoms with Gasteiger partial charge in [0.2, 0.25) is 0 Å². The van der Waals surface area contributed by atoms with Crippen LogP contribution in [0.3, 0.4) is 0 Å². The number of hydrogen-bond acceptors (Lipinski definition) is 5. The molecule has 0 atom stereocenters. The number of benzene rings is 1. The van der Waals surface area contributed by atoms with E-state index in [0.29, 0.717) is 27.7 Å². The number of nitrogens with one attached hydrogen (secondary N) is 2. The molecule has 0 aliphatic rings. The SMILES string of the molecule is CC(C)c1cnc(-c2cc(Cl)ccc2F)cc1Nc1ncnc2[nH]ncc12. The Hall–Kier alpha value is -3.06. The first-order valence-corrected chi connectivity index (χ1v) is 8.77. The molecule has 0 bridgehead atoms. The molecule has 136 valence electrons. The second-order valence-electron chi connectivity index (χ2n) is 6.42. The lowest BCUT2D eigenvalue weighted by Gasteiger charge is -2.16. The molecule has 8 heteroatoms. The Morgan fingerprint density at radius 1 is 1.11 bits per heavy atom. The van der Waals surface area contributed by atoms with E-state index in [1.807, 2.05) is 0 Å². The molecule has 1 aromatic carbocycles. The second kappa shape index (κ2) is 6.92. The van der Waals surface area contributed by atoms with Gasteiger partial charge in [0.05, 0.1) is 17.3 Å². The first kappa shape index (κ1) is 17.4. The summed E-state index contributed by atoms with van der Waals surface area (Å²) in [6.07, 6.45) is 4.86. The van der Waals surface area contributed by atoms with Crippen molar-refractivity contribution < 1.29 is 4.39 Å². The van der Waals surface area contributed by atoms with Crippen molar-refractivity contribution in [1.29, 1.82) is 0 Å². The molecule has 0 saturated carbocycles. The van der Waals surface area contributed by atoms with E-state index in [4.69, 9.17) is 11.6 Å². The van der Waals surface area contributed by atoms with E-state index in [1.54, 1.807) is 24.5 Å². The van der Waals surface area contributed by atoms with E-state index in [2.05, 4.69) is 44.3 Å². The zero-order chi connectivity index (χ0) is 19.0. The lowest BCUT2D eigenvalue weighted by atomic mass is 10.0. The van der Waals surface area contributed by atoms with Crippen LogP contribution in [0.5, 0.6) is 0 Å². The number of nitrogens with zero attached hydrogens (tertiary/aromatic N) is 4. The fourth-order valence-corrected chi connectivity index (χ4v) is 3.04. The molecule has 0 radical (unpaired) electrons. The first-order chi connectivity index (χ1) is 13.0. The number of hydrogen-bond donors (Lipinski definition) is 2. The van der Waals surface area contributed by atoms with E-state index in [0.717, 1.165) is 16.6 Å². The van der Waals surface area contributed by atoms with E-state index in [1.165, 1.54) is 18.5 Å². The number of H-pyrrole nitrogens is 1. The Morgan fingerprint density at radius 3 is 2.78 bits per heavy atom. The average Bonchev–Trinajstić information content (AvgIpc) is 3.13. The van der Waals surface area contributed by atoms with Gasteiger partial charge in [-0.05, 0) is 35.7 Å².